The molecule has 1 atom stereocenters. The summed E-state index contributed by atoms with van der Waals surface area (Å²) in [6.45, 7) is 4.76. The number of anilines is 1. The summed E-state index contributed by atoms with van der Waals surface area (Å²) in [5, 5.41) is 13.1. The molecule has 3 aromatic rings. The van der Waals surface area contributed by atoms with E-state index in [4.69, 9.17) is 9.47 Å². The zero-order valence-corrected chi connectivity index (χ0v) is 21.2. The van der Waals surface area contributed by atoms with Gasteiger partial charge < -0.3 is 19.9 Å². The maximum Gasteiger partial charge on any atom is 0.259 e. The molecule has 0 spiro atoms. The second kappa shape index (κ2) is 10.5. The molecule has 0 radical (unpaired) electrons. The molecule has 1 fully saturated rings. The highest BCUT2D eigenvalue weighted by molar-refractivity contribution is 6.10. The van der Waals surface area contributed by atoms with Gasteiger partial charge in [0.1, 0.15) is 25.0 Å². The van der Waals surface area contributed by atoms with Gasteiger partial charge in [-0.05, 0) is 79.8 Å². The summed E-state index contributed by atoms with van der Waals surface area (Å²) < 4.78 is 11.4. The number of carbonyl (C=O) groups excluding carboxylic acids is 2. The number of phenols is 1. The monoisotopic (exact) mass is 500 g/mol. The van der Waals surface area contributed by atoms with Gasteiger partial charge in [-0.3, -0.25) is 14.5 Å². The number of rotatable bonds is 6. The average molecular weight is 501 g/mol. The minimum absolute atomic E-state index is 0.0805. The van der Waals surface area contributed by atoms with Gasteiger partial charge in [0.2, 0.25) is 5.91 Å². The number of fused-ring (bicyclic) bond motifs is 1. The highest BCUT2D eigenvalue weighted by Gasteiger charge is 2.36. The minimum atomic E-state index is -0.942. The fourth-order valence-corrected chi connectivity index (χ4v) is 5.08. The molecule has 0 unspecified atom stereocenters. The maximum atomic E-state index is 14.3. The van der Waals surface area contributed by atoms with Crippen LogP contribution in [0.15, 0.2) is 60.7 Å². The quantitative estimate of drug-likeness (QED) is 0.484. The van der Waals surface area contributed by atoms with Crippen LogP contribution < -0.4 is 19.7 Å². The SMILES string of the molecule is Cc1ccc(C)c(N(C(=O)c2ccc3c(c2)OCCO3)[C@H](C(=O)NC2CCCC2)c2ccc(O)cc2)c1. The molecule has 3 aromatic carbocycles. The van der Waals surface area contributed by atoms with Crippen LogP contribution in [0.25, 0.3) is 0 Å². The van der Waals surface area contributed by atoms with Gasteiger partial charge in [0.05, 0.1) is 0 Å². The fourth-order valence-electron chi connectivity index (χ4n) is 5.08. The minimum Gasteiger partial charge on any atom is -0.508 e. The van der Waals surface area contributed by atoms with E-state index in [-0.39, 0.29) is 23.6 Å². The van der Waals surface area contributed by atoms with Crippen molar-refractivity contribution in [2.75, 3.05) is 18.1 Å². The lowest BCUT2D eigenvalue weighted by Crippen LogP contribution is -2.46. The number of aromatic hydroxyl groups is 1. The molecule has 5 rings (SSSR count). The fraction of sp³-hybridized carbons (Fsp3) is 0.333. The van der Waals surface area contributed by atoms with Gasteiger partial charge in [0.15, 0.2) is 11.5 Å². The predicted octanol–water partition coefficient (Wildman–Crippen LogP) is 5.23. The van der Waals surface area contributed by atoms with Crippen LogP contribution >= 0.6 is 0 Å². The summed E-state index contributed by atoms with van der Waals surface area (Å²) in [6, 6.07) is 16.6. The first-order chi connectivity index (χ1) is 17.9. The van der Waals surface area contributed by atoms with Crippen molar-refractivity contribution in [2.45, 2.75) is 51.6 Å². The zero-order valence-electron chi connectivity index (χ0n) is 21.2. The highest BCUT2D eigenvalue weighted by Crippen LogP contribution is 2.36. The number of phenolic OH excluding ortho intramolecular Hbond substituents is 1. The Morgan fingerprint density at radius 3 is 2.35 bits per heavy atom. The van der Waals surface area contributed by atoms with Crippen LogP contribution in [0.1, 0.15) is 58.8 Å². The topological polar surface area (TPSA) is 88.1 Å². The van der Waals surface area contributed by atoms with Crippen LogP contribution in [0, 0.1) is 13.8 Å². The first-order valence-corrected chi connectivity index (χ1v) is 12.8. The Hall–Kier alpha value is -4.00. The van der Waals surface area contributed by atoms with Crippen molar-refractivity contribution in [3.63, 3.8) is 0 Å². The number of hydrogen-bond acceptors (Lipinski definition) is 5. The normalized spacial score (nSPS) is 15.7. The Bertz CT molecular complexity index is 1300. The van der Waals surface area contributed by atoms with E-state index in [0.29, 0.717) is 41.5 Å². The van der Waals surface area contributed by atoms with Crippen LogP contribution in [0.3, 0.4) is 0 Å². The first-order valence-electron chi connectivity index (χ1n) is 12.8. The van der Waals surface area contributed by atoms with Crippen molar-refractivity contribution in [2.24, 2.45) is 0 Å². The molecule has 7 nitrogen and oxygen atoms in total. The van der Waals surface area contributed by atoms with E-state index < -0.39 is 6.04 Å². The number of carbonyl (C=O) groups is 2. The van der Waals surface area contributed by atoms with Crippen LogP contribution in [0.5, 0.6) is 17.2 Å². The van der Waals surface area contributed by atoms with E-state index in [1.165, 1.54) is 0 Å². The van der Waals surface area contributed by atoms with Crippen LogP contribution in [-0.4, -0.2) is 36.2 Å². The van der Waals surface area contributed by atoms with Crippen LogP contribution in [0.2, 0.25) is 0 Å². The van der Waals surface area contributed by atoms with Crippen molar-refractivity contribution in [3.8, 4) is 17.2 Å². The number of amides is 2. The van der Waals surface area contributed by atoms with E-state index in [1.54, 1.807) is 47.4 Å². The summed E-state index contributed by atoms with van der Waals surface area (Å²) in [7, 11) is 0. The molecule has 37 heavy (non-hydrogen) atoms. The highest BCUT2D eigenvalue weighted by atomic mass is 16.6. The molecular weight excluding hydrogens is 468 g/mol. The number of aryl methyl sites for hydroxylation is 2. The summed E-state index contributed by atoms with van der Waals surface area (Å²) in [4.78, 5) is 29.8. The lowest BCUT2D eigenvalue weighted by atomic mass is 9.99. The van der Waals surface area contributed by atoms with Gasteiger partial charge in [-0.2, -0.15) is 0 Å². The maximum absolute atomic E-state index is 14.3. The summed E-state index contributed by atoms with van der Waals surface area (Å²) >= 11 is 0. The number of ether oxygens (including phenoxy) is 2. The Kier molecular flexibility index (Phi) is 7.04. The van der Waals surface area contributed by atoms with Crippen molar-refractivity contribution in [1.29, 1.82) is 0 Å². The van der Waals surface area contributed by atoms with E-state index in [9.17, 15) is 14.7 Å². The lowest BCUT2D eigenvalue weighted by molar-refractivity contribution is -0.123. The Morgan fingerprint density at radius 2 is 1.62 bits per heavy atom. The number of hydrogen-bond donors (Lipinski definition) is 2. The second-order valence-corrected chi connectivity index (χ2v) is 9.81. The third-order valence-electron chi connectivity index (χ3n) is 7.05. The van der Waals surface area contributed by atoms with Crippen LogP contribution in [0.4, 0.5) is 5.69 Å². The van der Waals surface area contributed by atoms with Crippen molar-refractivity contribution in [3.05, 3.63) is 82.9 Å². The summed E-state index contributed by atoms with van der Waals surface area (Å²) in [6.07, 6.45) is 4.00. The summed E-state index contributed by atoms with van der Waals surface area (Å²) in [5.74, 6) is 0.620. The standard InChI is InChI=1S/C30H32N2O5/c1-19-7-8-20(2)25(17-19)32(30(35)22-11-14-26-27(18-22)37-16-15-36-26)28(21-9-12-24(33)13-10-21)29(34)31-23-5-3-4-6-23/h7-14,17-18,23,28,33H,3-6,15-16H2,1-2H3,(H,31,34)/t28-/m0/s1. The van der Waals surface area contributed by atoms with Gasteiger partial charge in [0.25, 0.3) is 5.91 Å². The number of nitrogens with zero attached hydrogens (tertiary/aromatic N) is 1. The third-order valence-corrected chi connectivity index (χ3v) is 7.05. The van der Waals surface area contributed by atoms with Gasteiger partial charge >= 0.3 is 0 Å². The molecule has 2 amide bonds. The predicted molar refractivity (Wildman–Crippen MR) is 141 cm³/mol. The number of nitrogens with one attached hydrogen (secondary N) is 1. The molecule has 0 aromatic heterocycles. The van der Waals surface area contributed by atoms with Crippen LogP contribution in [-0.2, 0) is 4.79 Å². The smallest absolute Gasteiger partial charge is 0.259 e. The number of benzene rings is 3. The molecule has 1 heterocycles. The van der Waals surface area contributed by atoms with Crippen molar-refractivity contribution >= 4 is 17.5 Å². The third kappa shape index (κ3) is 5.26. The molecule has 0 bridgehead atoms. The lowest BCUT2D eigenvalue weighted by Gasteiger charge is -2.34. The average Bonchev–Trinajstić information content (AvgIpc) is 3.42. The Balaban J connectivity index is 1.63. The van der Waals surface area contributed by atoms with Gasteiger partial charge in [-0.1, -0.05) is 37.1 Å². The molecule has 2 N–H and O–H groups in total. The molecule has 7 heteroatoms. The molecular formula is C30H32N2O5. The molecule has 1 aliphatic carbocycles. The Labute approximate surface area is 217 Å². The molecule has 0 saturated heterocycles. The van der Waals surface area contributed by atoms with Gasteiger partial charge in [-0.25, -0.2) is 0 Å². The second-order valence-electron chi connectivity index (χ2n) is 9.81. The van der Waals surface area contributed by atoms with E-state index in [2.05, 4.69) is 5.32 Å². The molecule has 1 aliphatic heterocycles. The Morgan fingerprint density at radius 1 is 0.919 bits per heavy atom. The van der Waals surface area contributed by atoms with Crippen molar-refractivity contribution < 1.29 is 24.2 Å². The largest absolute Gasteiger partial charge is 0.508 e. The van der Waals surface area contributed by atoms with Gasteiger partial charge in [-0.15, -0.1) is 0 Å². The van der Waals surface area contributed by atoms with E-state index in [1.807, 2.05) is 32.0 Å². The van der Waals surface area contributed by atoms with Gasteiger partial charge in [0, 0.05) is 17.3 Å². The zero-order chi connectivity index (χ0) is 25.9. The van der Waals surface area contributed by atoms with E-state index >= 15 is 0 Å². The first kappa shape index (κ1) is 24.7. The molecule has 2 aliphatic rings. The summed E-state index contributed by atoms with van der Waals surface area (Å²) in [5.41, 5.74) is 3.50. The molecule has 192 valence electrons. The van der Waals surface area contributed by atoms with Crippen molar-refractivity contribution in [1.82, 2.24) is 5.32 Å². The van der Waals surface area contributed by atoms with E-state index in [0.717, 1.165) is 36.8 Å². The molecule has 1 saturated carbocycles.